The second kappa shape index (κ2) is 14.0. The largest absolute Gasteiger partial charge is 0.382 e. The van der Waals surface area contributed by atoms with Gasteiger partial charge in [0.25, 0.3) is 0 Å². The summed E-state index contributed by atoms with van der Waals surface area (Å²) < 4.78 is 9.49. The molecule has 80 valence electrons. The fourth-order valence-electron chi connectivity index (χ4n) is 0.361. The molecular formula is C9H20O4. The predicted octanol–water partition coefficient (Wildman–Crippen LogP) is 2.11. The lowest BCUT2D eigenvalue weighted by Crippen LogP contribution is -2.08. The summed E-state index contributed by atoms with van der Waals surface area (Å²) in [6.45, 7) is 10.6. The minimum absolute atomic E-state index is 0.340. The van der Waals surface area contributed by atoms with E-state index in [0.717, 1.165) is 13.2 Å². The molecule has 0 spiro atoms. The predicted molar refractivity (Wildman–Crippen MR) is 51.0 cm³/mol. The maximum Gasteiger partial charge on any atom is 0.199 e. The van der Waals surface area contributed by atoms with Crippen molar-refractivity contribution >= 4 is 0 Å². The maximum absolute atomic E-state index is 4.83. The van der Waals surface area contributed by atoms with Gasteiger partial charge in [-0.1, -0.05) is 6.58 Å². The van der Waals surface area contributed by atoms with Crippen molar-refractivity contribution in [1.82, 2.24) is 0 Å². The van der Waals surface area contributed by atoms with Crippen LogP contribution in [-0.2, 0) is 19.2 Å². The normalized spacial score (nSPS) is 11.1. The molecule has 0 bridgehead atoms. The second-order valence-corrected chi connectivity index (χ2v) is 1.94. The average molecular weight is 192 g/mol. The van der Waals surface area contributed by atoms with Crippen molar-refractivity contribution in [2.45, 2.75) is 27.1 Å². The molecule has 0 aromatic rings. The van der Waals surface area contributed by atoms with Gasteiger partial charge in [-0.05, 0) is 20.8 Å². The monoisotopic (exact) mass is 192 g/mol. The minimum atomic E-state index is -0.340. The Hall–Kier alpha value is -0.580. The van der Waals surface area contributed by atoms with Crippen molar-refractivity contribution in [3.05, 3.63) is 12.8 Å². The van der Waals surface area contributed by atoms with E-state index >= 15 is 0 Å². The Labute approximate surface area is 80.4 Å². The molecule has 0 saturated carbocycles. The molecule has 0 aliphatic heterocycles. The lowest BCUT2D eigenvalue weighted by atomic mass is 10.8. The van der Waals surface area contributed by atoms with E-state index in [1.54, 1.807) is 6.92 Å². The highest BCUT2D eigenvalue weighted by Gasteiger charge is 1.95. The summed E-state index contributed by atoms with van der Waals surface area (Å²) >= 11 is 0. The van der Waals surface area contributed by atoms with Crippen LogP contribution in [0, 0.1) is 0 Å². The van der Waals surface area contributed by atoms with Crippen LogP contribution in [0.15, 0.2) is 12.8 Å². The number of hydrogen-bond donors (Lipinski definition) is 0. The summed E-state index contributed by atoms with van der Waals surface area (Å²) in [5.41, 5.74) is 0. The first-order valence-corrected chi connectivity index (χ1v) is 4.26. The van der Waals surface area contributed by atoms with E-state index in [1.165, 1.54) is 13.4 Å². The van der Waals surface area contributed by atoms with Crippen molar-refractivity contribution in [3.8, 4) is 0 Å². The molecule has 0 aliphatic rings. The molecule has 0 rings (SSSR count). The highest BCUT2D eigenvalue weighted by Crippen LogP contribution is 1.90. The summed E-state index contributed by atoms with van der Waals surface area (Å²) in [7, 11) is 1.52. The van der Waals surface area contributed by atoms with E-state index in [2.05, 4.69) is 21.1 Å². The number of methoxy groups -OCH3 is 1. The van der Waals surface area contributed by atoms with Gasteiger partial charge in [-0.2, -0.15) is 4.89 Å². The minimum Gasteiger partial charge on any atom is -0.382 e. The van der Waals surface area contributed by atoms with Crippen molar-refractivity contribution in [2.24, 2.45) is 0 Å². The molecule has 0 radical (unpaired) electrons. The zero-order valence-electron chi connectivity index (χ0n) is 8.91. The average Bonchev–Trinajstić information content (AvgIpc) is 2.16. The summed E-state index contributed by atoms with van der Waals surface area (Å²) in [6.07, 6.45) is 0.850. The van der Waals surface area contributed by atoms with Crippen LogP contribution < -0.4 is 0 Å². The van der Waals surface area contributed by atoms with Crippen LogP contribution in [-0.4, -0.2) is 26.6 Å². The summed E-state index contributed by atoms with van der Waals surface area (Å²) in [6, 6.07) is 0. The Kier molecular flexibility index (Phi) is 16.0. The molecule has 0 aliphatic carbocycles. The SMILES string of the molecule is C=COOC(C)OC.CCOCC. The molecule has 0 heterocycles. The van der Waals surface area contributed by atoms with Gasteiger partial charge in [0.05, 0.1) is 0 Å². The smallest absolute Gasteiger partial charge is 0.199 e. The van der Waals surface area contributed by atoms with E-state index in [0.29, 0.717) is 0 Å². The topological polar surface area (TPSA) is 36.9 Å². The van der Waals surface area contributed by atoms with Gasteiger partial charge in [0.2, 0.25) is 0 Å². The molecule has 4 heteroatoms. The first-order chi connectivity index (χ1) is 6.22. The Morgan fingerprint density at radius 1 is 1.31 bits per heavy atom. The first kappa shape index (κ1) is 14.9. The molecule has 0 saturated heterocycles. The first-order valence-electron chi connectivity index (χ1n) is 4.26. The van der Waals surface area contributed by atoms with Crippen molar-refractivity contribution in [3.63, 3.8) is 0 Å². The second-order valence-electron chi connectivity index (χ2n) is 1.94. The fraction of sp³-hybridized carbons (Fsp3) is 0.778. The molecule has 0 fully saturated rings. The van der Waals surface area contributed by atoms with Crippen LogP contribution in [0.25, 0.3) is 0 Å². The summed E-state index contributed by atoms with van der Waals surface area (Å²) in [5.74, 6) is 0. The van der Waals surface area contributed by atoms with Crippen molar-refractivity contribution < 1.29 is 19.2 Å². The Balaban J connectivity index is 0. The molecular weight excluding hydrogens is 172 g/mol. The molecule has 1 atom stereocenters. The summed E-state index contributed by atoms with van der Waals surface area (Å²) in [5, 5.41) is 0. The van der Waals surface area contributed by atoms with Gasteiger partial charge >= 0.3 is 0 Å². The quantitative estimate of drug-likeness (QED) is 0.279. The molecule has 13 heavy (non-hydrogen) atoms. The Morgan fingerprint density at radius 3 is 2.08 bits per heavy atom. The third kappa shape index (κ3) is 18.4. The van der Waals surface area contributed by atoms with Gasteiger partial charge in [-0.15, -0.1) is 0 Å². The van der Waals surface area contributed by atoms with E-state index in [9.17, 15) is 0 Å². The van der Waals surface area contributed by atoms with Gasteiger partial charge in [0, 0.05) is 20.3 Å². The van der Waals surface area contributed by atoms with Crippen LogP contribution in [0.4, 0.5) is 0 Å². The molecule has 1 unspecified atom stereocenters. The lowest BCUT2D eigenvalue weighted by Gasteiger charge is -2.05. The van der Waals surface area contributed by atoms with Gasteiger partial charge in [0.15, 0.2) is 6.29 Å². The molecule has 0 aromatic carbocycles. The van der Waals surface area contributed by atoms with Gasteiger partial charge in [0.1, 0.15) is 6.26 Å². The van der Waals surface area contributed by atoms with E-state index < -0.39 is 0 Å². The lowest BCUT2D eigenvalue weighted by molar-refractivity contribution is -0.336. The number of rotatable bonds is 6. The van der Waals surface area contributed by atoms with E-state index in [4.69, 9.17) is 4.74 Å². The van der Waals surface area contributed by atoms with Crippen LogP contribution in [0.2, 0.25) is 0 Å². The molecule has 0 N–H and O–H groups in total. The van der Waals surface area contributed by atoms with Crippen LogP contribution in [0.1, 0.15) is 20.8 Å². The molecule has 4 nitrogen and oxygen atoms in total. The van der Waals surface area contributed by atoms with Gasteiger partial charge < -0.3 is 14.4 Å². The van der Waals surface area contributed by atoms with Crippen molar-refractivity contribution in [1.29, 1.82) is 0 Å². The zero-order chi connectivity index (χ0) is 10.5. The summed E-state index contributed by atoms with van der Waals surface area (Å²) in [4.78, 5) is 8.83. The molecule has 0 aromatic heterocycles. The van der Waals surface area contributed by atoms with Crippen LogP contribution >= 0.6 is 0 Å². The highest BCUT2D eigenvalue weighted by atomic mass is 17.2. The van der Waals surface area contributed by atoms with Gasteiger partial charge in [-0.3, -0.25) is 0 Å². The molecule has 0 amide bonds. The van der Waals surface area contributed by atoms with Crippen LogP contribution in [0.5, 0.6) is 0 Å². The Morgan fingerprint density at radius 2 is 1.85 bits per heavy atom. The standard InChI is InChI=1S/C5H10O3.C4H10O/c1-4-7-8-5(2)6-3;1-3-5-4-2/h4-5H,1H2,2-3H3;3-4H2,1-2H3. The number of hydrogen-bond acceptors (Lipinski definition) is 4. The zero-order valence-corrected chi connectivity index (χ0v) is 8.91. The fourth-order valence-corrected chi connectivity index (χ4v) is 0.361. The number of ether oxygens (including phenoxy) is 2. The third-order valence-electron chi connectivity index (χ3n) is 0.999. The van der Waals surface area contributed by atoms with Crippen LogP contribution in [0.3, 0.4) is 0 Å². The Bertz CT molecular complexity index is 93.6. The van der Waals surface area contributed by atoms with Crippen molar-refractivity contribution in [2.75, 3.05) is 20.3 Å². The highest BCUT2D eigenvalue weighted by molar-refractivity contribution is 4.42. The van der Waals surface area contributed by atoms with Gasteiger partial charge in [-0.25, -0.2) is 0 Å². The third-order valence-corrected chi connectivity index (χ3v) is 0.999. The maximum atomic E-state index is 4.83. The van der Waals surface area contributed by atoms with E-state index in [1.807, 2.05) is 13.8 Å². The van der Waals surface area contributed by atoms with E-state index in [-0.39, 0.29) is 6.29 Å².